The molecule has 2 aromatic rings. The zero-order valence-electron chi connectivity index (χ0n) is 10.2. The molecule has 4 nitrogen and oxygen atoms in total. The van der Waals surface area contributed by atoms with Gasteiger partial charge in [-0.1, -0.05) is 0 Å². The van der Waals surface area contributed by atoms with E-state index in [-0.39, 0.29) is 18.6 Å². The molecule has 94 valence electrons. The molecule has 0 aliphatic heterocycles. The predicted octanol–water partition coefficient (Wildman–Crippen LogP) is 1.59. The molecule has 1 aromatic carbocycles. The minimum atomic E-state index is -0.235. The smallest absolute Gasteiger partial charge is 0.251 e. The van der Waals surface area contributed by atoms with E-state index in [2.05, 4.69) is 5.32 Å². The fourth-order valence-electron chi connectivity index (χ4n) is 1.64. The number of aliphatic hydroxyl groups excluding tert-OH is 1. The zero-order chi connectivity index (χ0) is 13.0. The van der Waals surface area contributed by atoms with Gasteiger partial charge in [0.15, 0.2) is 0 Å². The maximum absolute atomic E-state index is 11.8. The molecule has 1 heterocycles. The van der Waals surface area contributed by atoms with Crippen LogP contribution in [-0.2, 0) is 0 Å². The predicted molar refractivity (Wildman–Crippen MR) is 69.8 cm³/mol. The maximum atomic E-state index is 11.8. The summed E-state index contributed by atoms with van der Waals surface area (Å²) in [6.45, 7) is 1.69. The van der Waals surface area contributed by atoms with Gasteiger partial charge in [0.1, 0.15) is 0 Å². The molecule has 4 heteroatoms. The lowest BCUT2D eigenvalue weighted by atomic mass is 10.2. The molecule has 0 aliphatic rings. The Morgan fingerprint density at radius 3 is 2.44 bits per heavy atom. The summed E-state index contributed by atoms with van der Waals surface area (Å²) in [5.74, 6) is -0.171. The van der Waals surface area contributed by atoms with Crippen LogP contribution in [0.5, 0.6) is 0 Å². The second kappa shape index (κ2) is 5.51. The van der Waals surface area contributed by atoms with Crippen LogP contribution in [0, 0.1) is 0 Å². The molecule has 0 saturated carbocycles. The third-order valence-electron chi connectivity index (χ3n) is 2.68. The number of carbonyl (C=O) groups excluding carboxylic acids is 1. The molecule has 0 radical (unpaired) electrons. The fourth-order valence-corrected chi connectivity index (χ4v) is 1.64. The van der Waals surface area contributed by atoms with Crippen LogP contribution in [0.2, 0.25) is 0 Å². The maximum Gasteiger partial charge on any atom is 0.251 e. The van der Waals surface area contributed by atoms with Crippen molar-refractivity contribution in [3.63, 3.8) is 0 Å². The van der Waals surface area contributed by atoms with Crippen molar-refractivity contribution in [3.8, 4) is 5.69 Å². The van der Waals surface area contributed by atoms with Crippen molar-refractivity contribution in [1.29, 1.82) is 0 Å². The van der Waals surface area contributed by atoms with Gasteiger partial charge in [-0.05, 0) is 43.3 Å². The van der Waals surface area contributed by atoms with Crippen LogP contribution in [-0.4, -0.2) is 28.2 Å². The largest absolute Gasteiger partial charge is 0.394 e. The fraction of sp³-hybridized carbons (Fsp3) is 0.214. The van der Waals surface area contributed by atoms with E-state index in [4.69, 9.17) is 5.11 Å². The SMILES string of the molecule is C[C@@H](CO)NC(=O)c1ccc(-n2cccc2)cc1. The van der Waals surface area contributed by atoms with Crippen molar-refractivity contribution >= 4 is 5.91 Å². The second-order valence-electron chi connectivity index (χ2n) is 4.19. The van der Waals surface area contributed by atoms with Crippen LogP contribution in [0.4, 0.5) is 0 Å². The van der Waals surface area contributed by atoms with Crippen molar-refractivity contribution in [1.82, 2.24) is 9.88 Å². The first kappa shape index (κ1) is 12.4. The summed E-state index contributed by atoms with van der Waals surface area (Å²) in [6, 6.07) is 11.0. The van der Waals surface area contributed by atoms with E-state index in [0.29, 0.717) is 5.56 Å². The van der Waals surface area contributed by atoms with Gasteiger partial charge in [0.05, 0.1) is 6.61 Å². The van der Waals surface area contributed by atoms with Crippen LogP contribution in [0.15, 0.2) is 48.8 Å². The van der Waals surface area contributed by atoms with Gasteiger partial charge in [-0.25, -0.2) is 0 Å². The van der Waals surface area contributed by atoms with Crippen molar-refractivity contribution in [2.24, 2.45) is 0 Å². The van der Waals surface area contributed by atoms with Gasteiger partial charge >= 0.3 is 0 Å². The number of rotatable bonds is 4. The summed E-state index contributed by atoms with van der Waals surface area (Å²) in [5.41, 5.74) is 1.60. The van der Waals surface area contributed by atoms with Gasteiger partial charge in [-0.2, -0.15) is 0 Å². The Bertz CT molecular complexity index is 503. The first-order valence-corrected chi connectivity index (χ1v) is 5.86. The van der Waals surface area contributed by atoms with Crippen molar-refractivity contribution in [2.75, 3.05) is 6.61 Å². The van der Waals surface area contributed by atoms with Crippen molar-refractivity contribution in [3.05, 3.63) is 54.4 Å². The zero-order valence-corrected chi connectivity index (χ0v) is 10.2. The Morgan fingerprint density at radius 2 is 1.89 bits per heavy atom. The van der Waals surface area contributed by atoms with E-state index >= 15 is 0 Å². The lowest BCUT2D eigenvalue weighted by Gasteiger charge is -2.11. The molecule has 0 spiro atoms. The van der Waals surface area contributed by atoms with Crippen molar-refractivity contribution in [2.45, 2.75) is 13.0 Å². The third-order valence-corrected chi connectivity index (χ3v) is 2.68. The van der Waals surface area contributed by atoms with Crippen LogP contribution in [0.1, 0.15) is 17.3 Å². The first-order valence-electron chi connectivity index (χ1n) is 5.86. The van der Waals surface area contributed by atoms with Gasteiger partial charge < -0.3 is 15.0 Å². The van der Waals surface area contributed by atoms with E-state index in [9.17, 15) is 4.79 Å². The van der Waals surface area contributed by atoms with E-state index < -0.39 is 0 Å². The van der Waals surface area contributed by atoms with Gasteiger partial charge in [-0.15, -0.1) is 0 Å². The monoisotopic (exact) mass is 244 g/mol. The Morgan fingerprint density at radius 1 is 1.28 bits per heavy atom. The average molecular weight is 244 g/mol. The molecule has 0 unspecified atom stereocenters. The highest BCUT2D eigenvalue weighted by atomic mass is 16.3. The Labute approximate surface area is 106 Å². The van der Waals surface area contributed by atoms with Gasteiger partial charge in [-0.3, -0.25) is 4.79 Å². The minimum Gasteiger partial charge on any atom is -0.394 e. The highest BCUT2D eigenvalue weighted by molar-refractivity contribution is 5.94. The van der Waals surface area contributed by atoms with E-state index in [1.54, 1.807) is 19.1 Å². The number of benzene rings is 1. The highest BCUT2D eigenvalue weighted by Gasteiger charge is 2.08. The summed E-state index contributed by atoms with van der Waals surface area (Å²) in [5, 5.41) is 11.6. The molecule has 18 heavy (non-hydrogen) atoms. The molecular weight excluding hydrogens is 228 g/mol. The lowest BCUT2D eigenvalue weighted by Crippen LogP contribution is -2.34. The number of amides is 1. The summed E-state index contributed by atoms with van der Waals surface area (Å²) in [6.07, 6.45) is 3.89. The number of hydrogen-bond donors (Lipinski definition) is 2. The normalized spacial score (nSPS) is 12.1. The Hall–Kier alpha value is -2.07. The molecule has 2 rings (SSSR count). The summed E-state index contributed by atoms with van der Waals surface area (Å²) >= 11 is 0. The molecule has 0 saturated heterocycles. The number of nitrogens with one attached hydrogen (secondary N) is 1. The number of carbonyl (C=O) groups is 1. The van der Waals surface area contributed by atoms with Crippen LogP contribution >= 0.6 is 0 Å². The molecule has 1 amide bonds. The van der Waals surface area contributed by atoms with Gasteiger partial charge in [0.2, 0.25) is 0 Å². The molecule has 2 N–H and O–H groups in total. The van der Waals surface area contributed by atoms with Crippen LogP contribution in [0.25, 0.3) is 5.69 Å². The van der Waals surface area contributed by atoms with Crippen molar-refractivity contribution < 1.29 is 9.90 Å². The van der Waals surface area contributed by atoms with E-state index in [1.807, 2.05) is 41.2 Å². The first-order chi connectivity index (χ1) is 8.70. The molecule has 1 atom stereocenters. The third kappa shape index (κ3) is 2.78. The van der Waals surface area contributed by atoms with Gasteiger partial charge in [0.25, 0.3) is 5.91 Å². The second-order valence-corrected chi connectivity index (χ2v) is 4.19. The van der Waals surface area contributed by atoms with E-state index in [1.165, 1.54) is 0 Å². The number of hydrogen-bond acceptors (Lipinski definition) is 2. The number of aliphatic hydroxyl groups is 1. The Kier molecular flexibility index (Phi) is 3.79. The average Bonchev–Trinajstić information content (AvgIpc) is 2.92. The van der Waals surface area contributed by atoms with E-state index in [0.717, 1.165) is 5.69 Å². The minimum absolute atomic E-state index is 0.0623. The van der Waals surface area contributed by atoms with Gasteiger partial charge in [0, 0.05) is 29.7 Å². The Balaban J connectivity index is 2.10. The molecule has 0 aliphatic carbocycles. The van der Waals surface area contributed by atoms with Crippen LogP contribution < -0.4 is 5.32 Å². The van der Waals surface area contributed by atoms with Crippen LogP contribution in [0.3, 0.4) is 0 Å². The number of nitrogens with zero attached hydrogens (tertiary/aromatic N) is 1. The standard InChI is InChI=1S/C14H16N2O2/c1-11(10-17)15-14(18)12-4-6-13(7-5-12)16-8-2-3-9-16/h2-9,11,17H,10H2,1H3,(H,15,18)/t11-/m0/s1. The summed E-state index contributed by atoms with van der Waals surface area (Å²) in [4.78, 5) is 11.8. The highest BCUT2D eigenvalue weighted by Crippen LogP contribution is 2.10. The quantitative estimate of drug-likeness (QED) is 0.858. The lowest BCUT2D eigenvalue weighted by molar-refractivity contribution is 0.0922. The summed E-state index contributed by atoms with van der Waals surface area (Å²) in [7, 11) is 0. The molecular formula is C14H16N2O2. The molecule has 0 bridgehead atoms. The molecule has 1 aromatic heterocycles. The topological polar surface area (TPSA) is 54.3 Å². The summed E-state index contributed by atoms with van der Waals surface area (Å²) < 4.78 is 1.97. The number of aromatic nitrogens is 1. The molecule has 0 fully saturated rings.